The summed E-state index contributed by atoms with van der Waals surface area (Å²) in [5.74, 6) is -1.86. The lowest BCUT2D eigenvalue weighted by Crippen LogP contribution is -2.42. The molecule has 0 bridgehead atoms. The summed E-state index contributed by atoms with van der Waals surface area (Å²) in [7, 11) is 2.58. The second-order valence-corrected chi connectivity index (χ2v) is 8.22. The van der Waals surface area contributed by atoms with Gasteiger partial charge in [0.2, 0.25) is 5.78 Å². The molecule has 0 radical (unpaired) electrons. The second kappa shape index (κ2) is 9.23. The zero-order valence-electron chi connectivity index (χ0n) is 18.0. The molecule has 2 heterocycles. The number of nitrogen functional groups attached to an aromatic ring is 1. The molecule has 3 aromatic rings. The van der Waals surface area contributed by atoms with Crippen molar-refractivity contribution in [2.75, 3.05) is 12.3 Å². The van der Waals surface area contributed by atoms with E-state index in [0.717, 1.165) is 25.2 Å². The van der Waals surface area contributed by atoms with Gasteiger partial charge in [0.25, 0.3) is 5.56 Å². The monoisotopic (exact) mass is 454 g/mol. The SMILES string of the molecule is Cc1ccc(C)c(Sc2ncccc2C(=O)OCC(=O)c2c(N)n(C)c(=O)n(C)c2=O)c1. The number of Topliss-reactive ketones (excluding diaryl/α,β-unsaturated/α-hetero) is 1. The molecule has 0 aliphatic carbocycles. The summed E-state index contributed by atoms with van der Waals surface area (Å²) in [4.78, 5) is 54.7. The highest BCUT2D eigenvalue weighted by Crippen LogP contribution is 2.32. The molecule has 10 heteroatoms. The van der Waals surface area contributed by atoms with Crippen molar-refractivity contribution < 1.29 is 14.3 Å². The van der Waals surface area contributed by atoms with Crippen molar-refractivity contribution in [3.8, 4) is 0 Å². The number of rotatable bonds is 6. The van der Waals surface area contributed by atoms with E-state index in [9.17, 15) is 19.2 Å². The molecular formula is C22H22N4O5S. The van der Waals surface area contributed by atoms with E-state index in [4.69, 9.17) is 10.5 Å². The van der Waals surface area contributed by atoms with E-state index >= 15 is 0 Å². The van der Waals surface area contributed by atoms with Gasteiger partial charge in [0.05, 0.1) is 5.56 Å². The first-order valence-electron chi connectivity index (χ1n) is 9.57. The van der Waals surface area contributed by atoms with Crippen molar-refractivity contribution in [2.24, 2.45) is 14.1 Å². The average Bonchev–Trinajstić information content (AvgIpc) is 2.77. The van der Waals surface area contributed by atoms with E-state index in [0.29, 0.717) is 5.03 Å². The van der Waals surface area contributed by atoms with Gasteiger partial charge in [-0.3, -0.25) is 18.7 Å². The number of nitrogens with zero attached hydrogens (tertiary/aromatic N) is 3. The fraction of sp³-hybridized carbons (Fsp3) is 0.227. The summed E-state index contributed by atoms with van der Waals surface area (Å²) >= 11 is 1.32. The van der Waals surface area contributed by atoms with Crippen LogP contribution in [-0.2, 0) is 18.8 Å². The molecule has 32 heavy (non-hydrogen) atoms. The lowest BCUT2D eigenvalue weighted by atomic mass is 10.2. The third kappa shape index (κ3) is 4.50. The number of aryl methyl sites for hydroxylation is 2. The molecular weight excluding hydrogens is 432 g/mol. The van der Waals surface area contributed by atoms with Gasteiger partial charge in [-0.25, -0.2) is 14.6 Å². The van der Waals surface area contributed by atoms with Crippen LogP contribution in [0.5, 0.6) is 0 Å². The largest absolute Gasteiger partial charge is 0.454 e. The van der Waals surface area contributed by atoms with Gasteiger partial charge in [-0.1, -0.05) is 23.9 Å². The zero-order valence-corrected chi connectivity index (χ0v) is 18.9. The van der Waals surface area contributed by atoms with E-state index in [-0.39, 0.29) is 11.4 Å². The molecule has 166 valence electrons. The highest BCUT2D eigenvalue weighted by molar-refractivity contribution is 7.99. The molecule has 0 spiro atoms. The third-order valence-corrected chi connectivity index (χ3v) is 6.04. The number of ketones is 1. The second-order valence-electron chi connectivity index (χ2n) is 7.19. The standard InChI is InChI=1S/C22H22N4O5S/c1-12-7-8-13(2)16(10-12)32-19-14(6-5-9-24-19)21(29)31-11-15(27)17-18(23)25(3)22(30)26(4)20(17)28/h5-10H,11,23H2,1-4H3. The molecule has 0 saturated heterocycles. The Balaban J connectivity index is 1.83. The predicted octanol–water partition coefficient (Wildman–Crippen LogP) is 1.87. The number of ether oxygens (including phenoxy) is 1. The highest BCUT2D eigenvalue weighted by Gasteiger charge is 2.23. The van der Waals surface area contributed by atoms with Crippen molar-refractivity contribution in [1.29, 1.82) is 0 Å². The summed E-state index contributed by atoms with van der Waals surface area (Å²) in [5.41, 5.74) is 6.15. The first kappa shape index (κ1) is 23.0. The number of esters is 1. The van der Waals surface area contributed by atoms with Crippen LogP contribution in [0, 0.1) is 13.8 Å². The number of anilines is 1. The molecule has 0 atom stereocenters. The van der Waals surface area contributed by atoms with Crippen molar-refractivity contribution in [3.63, 3.8) is 0 Å². The molecule has 9 nitrogen and oxygen atoms in total. The number of hydrogen-bond donors (Lipinski definition) is 1. The van der Waals surface area contributed by atoms with Crippen molar-refractivity contribution in [3.05, 3.63) is 79.6 Å². The van der Waals surface area contributed by atoms with Crippen LogP contribution in [0.2, 0.25) is 0 Å². The van der Waals surface area contributed by atoms with Gasteiger partial charge in [-0.2, -0.15) is 0 Å². The number of pyridine rings is 1. The fourth-order valence-corrected chi connectivity index (χ4v) is 4.01. The number of nitrogens with two attached hydrogens (primary N) is 1. The van der Waals surface area contributed by atoms with Gasteiger partial charge < -0.3 is 10.5 Å². The highest BCUT2D eigenvalue weighted by atomic mass is 32.2. The summed E-state index contributed by atoms with van der Waals surface area (Å²) in [6.45, 7) is 3.22. The number of aromatic nitrogens is 3. The van der Waals surface area contributed by atoms with E-state index in [1.807, 2.05) is 32.0 Å². The van der Waals surface area contributed by atoms with E-state index in [1.165, 1.54) is 25.9 Å². The topological polar surface area (TPSA) is 126 Å². The van der Waals surface area contributed by atoms with Gasteiger partial charge in [0.15, 0.2) is 6.61 Å². The normalized spacial score (nSPS) is 10.8. The van der Waals surface area contributed by atoms with Crippen LogP contribution >= 0.6 is 11.8 Å². The van der Waals surface area contributed by atoms with Gasteiger partial charge in [0.1, 0.15) is 16.4 Å². The molecule has 1 aromatic carbocycles. The van der Waals surface area contributed by atoms with Crippen LogP contribution in [-0.4, -0.2) is 32.5 Å². The molecule has 0 fully saturated rings. The van der Waals surface area contributed by atoms with Crippen molar-refractivity contribution in [1.82, 2.24) is 14.1 Å². The molecule has 0 aliphatic heterocycles. The average molecular weight is 455 g/mol. The van der Waals surface area contributed by atoms with Gasteiger partial charge in [-0.05, 0) is 43.2 Å². The fourth-order valence-electron chi connectivity index (χ4n) is 2.95. The minimum absolute atomic E-state index is 0.188. The number of carbonyl (C=O) groups excluding carboxylic acids is 2. The van der Waals surface area contributed by atoms with Crippen LogP contribution in [0.15, 0.2) is 56.0 Å². The van der Waals surface area contributed by atoms with Crippen LogP contribution in [0.4, 0.5) is 5.82 Å². The third-order valence-electron chi connectivity index (χ3n) is 4.86. The van der Waals surface area contributed by atoms with Crippen LogP contribution in [0.3, 0.4) is 0 Å². The van der Waals surface area contributed by atoms with Crippen LogP contribution in [0.1, 0.15) is 31.8 Å². The molecule has 2 N–H and O–H groups in total. The molecule has 0 aliphatic rings. The maximum absolute atomic E-state index is 12.7. The predicted molar refractivity (Wildman–Crippen MR) is 120 cm³/mol. The first-order valence-corrected chi connectivity index (χ1v) is 10.4. The molecule has 0 amide bonds. The lowest BCUT2D eigenvalue weighted by Gasteiger charge is -2.12. The van der Waals surface area contributed by atoms with Crippen LogP contribution < -0.4 is 17.0 Å². The Kier molecular flexibility index (Phi) is 6.64. The Labute approximate surface area is 187 Å². The Morgan fingerprint density at radius 1 is 1.12 bits per heavy atom. The molecule has 2 aromatic heterocycles. The smallest absolute Gasteiger partial charge is 0.341 e. The number of benzene rings is 1. The van der Waals surface area contributed by atoms with E-state index in [1.54, 1.807) is 18.3 Å². The maximum atomic E-state index is 12.7. The molecule has 0 unspecified atom stereocenters. The van der Waals surface area contributed by atoms with Crippen molar-refractivity contribution in [2.45, 2.75) is 23.8 Å². The molecule has 0 saturated carbocycles. The van der Waals surface area contributed by atoms with Crippen molar-refractivity contribution >= 4 is 29.3 Å². The summed E-state index contributed by atoms with van der Waals surface area (Å²) < 4.78 is 6.92. The Hall–Kier alpha value is -3.66. The minimum Gasteiger partial charge on any atom is -0.454 e. The zero-order chi connectivity index (χ0) is 23.6. The summed E-state index contributed by atoms with van der Waals surface area (Å²) in [6, 6.07) is 9.11. The van der Waals surface area contributed by atoms with E-state index < -0.39 is 35.2 Å². The van der Waals surface area contributed by atoms with Gasteiger partial charge in [0, 0.05) is 25.2 Å². The maximum Gasteiger partial charge on any atom is 0.341 e. The Bertz CT molecular complexity index is 1340. The van der Waals surface area contributed by atoms with Gasteiger partial charge in [-0.15, -0.1) is 0 Å². The quantitative estimate of drug-likeness (QED) is 0.442. The summed E-state index contributed by atoms with van der Waals surface area (Å²) in [6.07, 6.45) is 1.56. The Morgan fingerprint density at radius 2 is 1.84 bits per heavy atom. The molecule has 3 rings (SSSR count). The first-order chi connectivity index (χ1) is 15.1. The van der Waals surface area contributed by atoms with E-state index in [2.05, 4.69) is 4.98 Å². The Morgan fingerprint density at radius 3 is 2.56 bits per heavy atom. The number of hydrogen-bond acceptors (Lipinski definition) is 8. The number of carbonyl (C=O) groups is 2. The summed E-state index contributed by atoms with van der Waals surface area (Å²) in [5, 5.41) is 0.427. The van der Waals surface area contributed by atoms with Crippen LogP contribution in [0.25, 0.3) is 0 Å². The minimum atomic E-state index is -0.848. The lowest BCUT2D eigenvalue weighted by molar-refractivity contribution is 0.0470. The van der Waals surface area contributed by atoms with Gasteiger partial charge >= 0.3 is 11.7 Å².